The highest BCUT2D eigenvalue weighted by Gasteiger charge is 2.14. The Balaban J connectivity index is 2.35. The Morgan fingerprint density at radius 1 is 1.20 bits per heavy atom. The van der Waals surface area contributed by atoms with Gasteiger partial charge < -0.3 is 5.11 Å². The second-order valence-electron chi connectivity index (χ2n) is 4.57. The molecule has 2 aromatic heterocycles. The minimum Gasteiger partial charge on any atom is -0.477 e. The maximum atomic E-state index is 11.2. The van der Waals surface area contributed by atoms with Crippen LogP contribution in [0.15, 0.2) is 30.3 Å². The van der Waals surface area contributed by atoms with Gasteiger partial charge >= 0.3 is 5.97 Å². The molecule has 0 radical (unpaired) electrons. The van der Waals surface area contributed by atoms with E-state index >= 15 is 0 Å². The van der Waals surface area contributed by atoms with Gasteiger partial charge in [-0.15, -0.1) is 5.10 Å². The van der Waals surface area contributed by atoms with E-state index in [1.54, 1.807) is 11.4 Å². The predicted molar refractivity (Wildman–Crippen MR) is 72.7 cm³/mol. The molecule has 0 unspecified atom stereocenters. The van der Waals surface area contributed by atoms with Gasteiger partial charge in [0.15, 0.2) is 5.69 Å². The van der Waals surface area contributed by atoms with Crippen LogP contribution in [0, 0.1) is 13.8 Å². The van der Waals surface area contributed by atoms with Gasteiger partial charge in [0.2, 0.25) is 0 Å². The van der Waals surface area contributed by atoms with Crippen molar-refractivity contribution < 1.29 is 9.90 Å². The molecule has 3 rings (SSSR count). The van der Waals surface area contributed by atoms with Crippen LogP contribution in [0.5, 0.6) is 0 Å². The van der Waals surface area contributed by atoms with Gasteiger partial charge in [-0.05, 0) is 26.0 Å². The maximum Gasteiger partial charge on any atom is 0.354 e. The Hall–Kier alpha value is -2.76. The van der Waals surface area contributed by atoms with Crippen LogP contribution in [-0.2, 0) is 0 Å². The molecule has 6 nitrogen and oxygen atoms in total. The first-order valence-corrected chi connectivity index (χ1v) is 6.09. The lowest BCUT2D eigenvalue weighted by Crippen LogP contribution is -2.05. The van der Waals surface area contributed by atoms with E-state index in [-0.39, 0.29) is 5.69 Å². The molecule has 0 saturated heterocycles. The van der Waals surface area contributed by atoms with Crippen molar-refractivity contribution in [2.75, 3.05) is 0 Å². The largest absolute Gasteiger partial charge is 0.477 e. The number of rotatable bonds is 2. The number of carbonyl (C=O) groups is 1. The predicted octanol–water partition coefficient (Wildman–Crippen LogP) is 2.11. The molecule has 0 aliphatic carbocycles. The number of aromatic nitrogens is 4. The average molecular weight is 268 g/mol. The molecule has 0 saturated carbocycles. The monoisotopic (exact) mass is 268 g/mol. The van der Waals surface area contributed by atoms with Gasteiger partial charge in [-0.2, -0.15) is 9.50 Å². The molecule has 1 N–H and O–H groups in total. The highest BCUT2D eigenvalue weighted by atomic mass is 16.4. The second kappa shape index (κ2) is 4.41. The van der Waals surface area contributed by atoms with Gasteiger partial charge in [0.05, 0.1) is 5.69 Å². The molecule has 0 bridgehead atoms. The number of fused-ring (bicyclic) bond motifs is 1. The van der Waals surface area contributed by atoms with Crippen LogP contribution in [0.2, 0.25) is 0 Å². The second-order valence-corrected chi connectivity index (χ2v) is 4.57. The third-order valence-electron chi connectivity index (χ3n) is 2.95. The van der Waals surface area contributed by atoms with Crippen molar-refractivity contribution in [2.24, 2.45) is 0 Å². The van der Waals surface area contributed by atoms with Crippen molar-refractivity contribution in [2.45, 2.75) is 13.8 Å². The van der Waals surface area contributed by atoms with Crippen molar-refractivity contribution in [3.63, 3.8) is 0 Å². The summed E-state index contributed by atoms with van der Waals surface area (Å²) in [7, 11) is 0. The Morgan fingerprint density at radius 2 is 2.00 bits per heavy atom. The average Bonchev–Trinajstić information content (AvgIpc) is 2.77. The summed E-state index contributed by atoms with van der Waals surface area (Å²) in [5.74, 6) is -0.241. The van der Waals surface area contributed by atoms with E-state index < -0.39 is 5.97 Å². The van der Waals surface area contributed by atoms with E-state index in [0.29, 0.717) is 17.3 Å². The first-order chi connectivity index (χ1) is 9.54. The van der Waals surface area contributed by atoms with Gasteiger partial charge in [-0.25, -0.2) is 9.78 Å². The number of hydrogen-bond acceptors (Lipinski definition) is 4. The number of aromatic carboxylic acids is 1. The molecule has 6 heteroatoms. The highest BCUT2D eigenvalue weighted by molar-refractivity contribution is 5.87. The van der Waals surface area contributed by atoms with Crippen molar-refractivity contribution in [3.8, 4) is 11.3 Å². The van der Waals surface area contributed by atoms with E-state index in [4.69, 9.17) is 5.11 Å². The fraction of sp³-hybridized carbons (Fsp3) is 0.143. The number of aryl methyl sites for hydroxylation is 2. The summed E-state index contributed by atoms with van der Waals surface area (Å²) in [6.07, 6.45) is 0. The number of hydrogen-bond donors (Lipinski definition) is 1. The van der Waals surface area contributed by atoms with E-state index in [0.717, 1.165) is 11.1 Å². The van der Waals surface area contributed by atoms with Crippen LogP contribution >= 0.6 is 0 Å². The SMILES string of the molecule is Cc1cccc(-c2cc(C(=O)O)nc3nc(C)nn23)c1. The highest BCUT2D eigenvalue weighted by Crippen LogP contribution is 2.21. The molecule has 1 aromatic carbocycles. The summed E-state index contributed by atoms with van der Waals surface area (Å²) in [6.45, 7) is 3.72. The fourth-order valence-electron chi connectivity index (χ4n) is 2.09. The molecule has 2 heterocycles. The maximum absolute atomic E-state index is 11.2. The summed E-state index contributed by atoms with van der Waals surface area (Å²) in [6, 6.07) is 9.29. The number of nitrogens with zero attached hydrogens (tertiary/aromatic N) is 4. The lowest BCUT2D eigenvalue weighted by atomic mass is 10.1. The van der Waals surface area contributed by atoms with Crippen molar-refractivity contribution >= 4 is 11.7 Å². The lowest BCUT2D eigenvalue weighted by molar-refractivity contribution is 0.0690. The standard InChI is InChI=1S/C14H12N4O2/c1-8-4-3-5-10(6-8)12-7-11(13(19)20)16-14-15-9(2)17-18(12)14/h3-7H,1-2H3,(H,19,20). The number of benzene rings is 1. The Morgan fingerprint density at radius 3 is 2.70 bits per heavy atom. The number of carboxylic acid groups (broad SMARTS) is 1. The summed E-state index contributed by atoms with van der Waals surface area (Å²) in [5, 5.41) is 13.4. The minimum atomic E-state index is -1.08. The molecule has 20 heavy (non-hydrogen) atoms. The van der Waals surface area contributed by atoms with Gasteiger partial charge in [0.1, 0.15) is 5.82 Å². The molecular formula is C14H12N4O2. The topological polar surface area (TPSA) is 80.4 Å². The fourth-order valence-corrected chi connectivity index (χ4v) is 2.09. The summed E-state index contributed by atoms with van der Waals surface area (Å²) in [5.41, 5.74) is 2.59. The first kappa shape index (κ1) is 12.3. The van der Waals surface area contributed by atoms with E-state index in [1.165, 1.54) is 6.07 Å². The summed E-state index contributed by atoms with van der Waals surface area (Å²) in [4.78, 5) is 19.3. The molecule has 0 amide bonds. The van der Waals surface area contributed by atoms with Crippen molar-refractivity contribution in [1.82, 2.24) is 19.6 Å². The molecule has 0 spiro atoms. The molecule has 100 valence electrons. The third kappa shape index (κ3) is 2.01. The van der Waals surface area contributed by atoms with Crippen LogP contribution < -0.4 is 0 Å². The molecule has 0 fully saturated rings. The molecule has 0 aliphatic rings. The third-order valence-corrected chi connectivity index (χ3v) is 2.95. The number of carboxylic acids is 1. The zero-order valence-electron chi connectivity index (χ0n) is 11.0. The minimum absolute atomic E-state index is 0.0404. The van der Waals surface area contributed by atoms with Gasteiger partial charge in [0, 0.05) is 5.56 Å². The van der Waals surface area contributed by atoms with Crippen molar-refractivity contribution in [1.29, 1.82) is 0 Å². The van der Waals surface area contributed by atoms with E-state index in [2.05, 4.69) is 15.1 Å². The van der Waals surface area contributed by atoms with Crippen LogP contribution in [0.3, 0.4) is 0 Å². The van der Waals surface area contributed by atoms with Crippen molar-refractivity contribution in [3.05, 3.63) is 47.4 Å². The molecule has 0 atom stereocenters. The van der Waals surface area contributed by atoms with Crippen LogP contribution in [0.1, 0.15) is 21.9 Å². The quantitative estimate of drug-likeness (QED) is 0.769. The smallest absolute Gasteiger partial charge is 0.354 e. The summed E-state index contributed by atoms with van der Waals surface area (Å²) < 4.78 is 1.57. The van der Waals surface area contributed by atoms with Crippen LogP contribution in [0.4, 0.5) is 0 Å². The van der Waals surface area contributed by atoms with E-state index in [1.807, 2.05) is 31.2 Å². The van der Waals surface area contributed by atoms with Crippen LogP contribution in [-0.4, -0.2) is 30.7 Å². The zero-order valence-corrected chi connectivity index (χ0v) is 11.0. The summed E-state index contributed by atoms with van der Waals surface area (Å²) >= 11 is 0. The molecule has 0 aliphatic heterocycles. The molecule has 3 aromatic rings. The van der Waals surface area contributed by atoms with Gasteiger partial charge in [-0.1, -0.05) is 23.8 Å². The Kier molecular flexibility index (Phi) is 2.71. The normalized spacial score (nSPS) is 10.9. The lowest BCUT2D eigenvalue weighted by Gasteiger charge is -2.06. The van der Waals surface area contributed by atoms with E-state index in [9.17, 15) is 4.79 Å². The van der Waals surface area contributed by atoms with Gasteiger partial charge in [0.25, 0.3) is 5.78 Å². The zero-order chi connectivity index (χ0) is 14.3. The Labute approximate surface area is 114 Å². The molecular weight excluding hydrogens is 256 g/mol. The van der Waals surface area contributed by atoms with Gasteiger partial charge in [-0.3, -0.25) is 0 Å². The first-order valence-electron chi connectivity index (χ1n) is 6.09. The van der Waals surface area contributed by atoms with Crippen LogP contribution in [0.25, 0.3) is 17.0 Å². The Bertz CT molecular complexity index is 823.